The van der Waals surface area contributed by atoms with Crippen molar-refractivity contribution in [2.75, 3.05) is 19.6 Å². The van der Waals surface area contributed by atoms with Crippen LogP contribution in [0, 0.1) is 5.92 Å². The van der Waals surface area contributed by atoms with Gasteiger partial charge < -0.3 is 29.7 Å². The molecule has 0 aliphatic carbocycles. The quantitative estimate of drug-likeness (QED) is 0.586. The third kappa shape index (κ3) is 7.56. The number of nitrogens with one attached hydrogen (secondary N) is 1. The lowest BCUT2D eigenvalue weighted by atomic mass is 9.90. The third-order valence-corrected chi connectivity index (χ3v) is 6.63. The average Bonchev–Trinajstić information content (AvgIpc) is 3.25. The van der Waals surface area contributed by atoms with Gasteiger partial charge in [0, 0.05) is 31.9 Å². The van der Waals surface area contributed by atoms with Crippen molar-refractivity contribution in [3.8, 4) is 0 Å². The summed E-state index contributed by atoms with van der Waals surface area (Å²) in [5.74, 6) is -1.72. The summed E-state index contributed by atoms with van der Waals surface area (Å²) < 4.78 is 10.9. The Bertz CT molecular complexity index is 971. The molecule has 3 rings (SSSR count). The largest absolute Gasteiger partial charge is 0.480 e. The molecule has 2 N–H and O–H groups in total. The van der Waals surface area contributed by atoms with Gasteiger partial charge in [-0.25, -0.2) is 14.4 Å². The number of alkyl carbamates (subject to hydrolysis) is 1. The summed E-state index contributed by atoms with van der Waals surface area (Å²) in [6, 6.07) is 1.82. The highest BCUT2D eigenvalue weighted by molar-refractivity contribution is 5.90. The van der Waals surface area contributed by atoms with Gasteiger partial charge in [0.1, 0.15) is 23.8 Å². The number of pyridine rings is 1. The van der Waals surface area contributed by atoms with E-state index in [9.17, 15) is 24.3 Å². The van der Waals surface area contributed by atoms with E-state index >= 15 is 0 Å². The van der Waals surface area contributed by atoms with Crippen LogP contribution in [0.3, 0.4) is 0 Å². The zero-order chi connectivity index (χ0) is 27.3. The van der Waals surface area contributed by atoms with Crippen LogP contribution >= 0.6 is 0 Å². The average molecular weight is 519 g/mol. The number of hydrogen-bond donors (Lipinski definition) is 2. The minimum absolute atomic E-state index is 0.0163. The number of nitrogens with zero attached hydrogens (tertiary/aromatic N) is 3. The first-order valence-electron chi connectivity index (χ1n) is 12.7. The van der Waals surface area contributed by atoms with Crippen LogP contribution in [0.5, 0.6) is 0 Å². The van der Waals surface area contributed by atoms with Crippen LogP contribution in [-0.2, 0) is 19.1 Å². The molecule has 2 aliphatic rings. The van der Waals surface area contributed by atoms with Crippen LogP contribution in [0.4, 0.5) is 9.59 Å². The van der Waals surface area contributed by atoms with E-state index in [1.807, 2.05) is 12.1 Å². The van der Waals surface area contributed by atoms with E-state index in [2.05, 4.69) is 10.3 Å². The zero-order valence-corrected chi connectivity index (χ0v) is 22.2. The molecule has 1 aromatic rings. The lowest BCUT2D eigenvalue weighted by molar-refractivity contribution is -0.149. The summed E-state index contributed by atoms with van der Waals surface area (Å²) in [5.41, 5.74) is 0.440. The number of hydrogen-bond acceptors (Lipinski definition) is 7. The van der Waals surface area contributed by atoms with E-state index in [0.29, 0.717) is 19.0 Å². The minimum Gasteiger partial charge on any atom is -0.480 e. The molecule has 2 aliphatic heterocycles. The van der Waals surface area contributed by atoms with Crippen molar-refractivity contribution in [2.24, 2.45) is 5.92 Å². The molecule has 3 amide bonds. The molecule has 2 saturated heterocycles. The molecular weight excluding hydrogens is 480 g/mol. The van der Waals surface area contributed by atoms with Gasteiger partial charge in [-0.1, -0.05) is 13.8 Å². The molecule has 0 bridgehead atoms. The van der Waals surface area contributed by atoms with E-state index in [1.165, 1.54) is 10.5 Å². The van der Waals surface area contributed by atoms with Crippen molar-refractivity contribution in [3.05, 3.63) is 30.1 Å². The highest BCUT2D eigenvalue weighted by Crippen LogP contribution is 2.29. The standard InChI is InChI=1S/C26H38N4O7/c1-16(2)21(28-24(34)37-26(3,4)5)22(31)30-15-19(14-20(30)23(32)33)36-25(35)29-12-8-18(9-13-29)17-6-10-27-11-7-17/h6-7,10-11,16,18-21H,8-9,12-15H2,1-5H3,(H,28,34)(H,32,33)/t19-,20+,21+/m1/s1. The predicted octanol–water partition coefficient (Wildman–Crippen LogP) is 3.00. The Kier molecular flexibility index (Phi) is 8.98. The Morgan fingerprint density at radius 1 is 1.11 bits per heavy atom. The monoisotopic (exact) mass is 518 g/mol. The van der Waals surface area contributed by atoms with E-state index < -0.39 is 47.9 Å². The molecule has 1 aromatic heterocycles. The fraction of sp³-hybridized carbons (Fsp3) is 0.654. The number of likely N-dealkylation sites (tertiary alicyclic amines) is 2. The summed E-state index contributed by atoms with van der Waals surface area (Å²) in [7, 11) is 0. The van der Waals surface area contributed by atoms with Gasteiger partial charge in [0.15, 0.2) is 0 Å². The number of rotatable bonds is 6. The second kappa shape index (κ2) is 11.8. The SMILES string of the molecule is CC(C)[C@H](NC(=O)OC(C)(C)C)C(=O)N1C[C@H](OC(=O)N2CCC(c3ccncc3)CC2)C[C@H]1C(=O)O. The van der Waals surface area contributed by atoms with Crippen molar-refractivity contribution in [2.45, 2.75) is 83.6 Å². The molecule has 0 spiro atoms. The molecule has 0 aromatic carbocycles. The molecule has 204 valence electrons. The molecule has 0 unspecified atom stereocenters. The van der Waals surface area contributed by atoms with Gasteiger partial charge in [-0.3, -0.25) is 9.78 Å². The van der Waals surface area contributed by atoms with Gasteiger partial charge in [-0.05, 0) is 63.1 Å². The van der Waals surface area contributed by atoms with E-state index in [0.717, 1.165) is 12.8 Å². The normalized spacial score (nSPS) is 21.5. The molecule has 0 radical (unpaired) electrons. The number of carbonyl (C=O) groups excluding carboxylic acids is 3. The van der Waals surface area contributed by atoms with Crippen LogP contribution < -0.4 is 5.32 Å². The van der Waals surface area contributed by atoms with E-state index in [4.69, 9.17) is 9.47 Å². The third-order valence-electron chi connectivity index (χ3n) is 6.63. The molecule has 11 heteroatoms. The number of aromatic nitrogens is 1. The van der Waals surface area contributed by atoms with Crippen LogP contribution in [0.15, 0.2) is 24.5 Å². The minimum atomic E-state index is -1.19. The summed E-state index contributed by atoms with van der Waals surface area (Å²) in [4.78, 5) is 57.3. The lowest BCUT2D eigenvalue weighted by Gasteiger charge is -2.32. The van der Waals surface area contributed by atoms with Crippen LogP contribution in [0.2, 0.25) is 0 Å². The lowest BCUT2D eigenvalue weighted by Crippen LogP contribution is -2.54. The molecular formula is C26H38N4O7. The number of piperidine rings is 1. The van der Waals surface area contributed by atoms with Crippen LogP contribution in [0.25, 0.3) is 0 Å². The highest BCUT2D eigenvalue weighted by atomic mass is 16.6. The fourth-order valence-electron chi connectivity index (χ4n) is 4.74. The molecule has 0 saturated carbocycles. The number of carboxylic acid groups (broad SMARTS) is 1. The van der Waals surface area contributed by atoms with Gasteiger partial charge in [0.05, 0.1) is 6.54 Å². The summed E-state index contributed by atoms with van der Waals surface area (Å²) in [5, 5.41) is 12.3. The Labute approximate surface area is 217 Å². The Hall–Kier alpha value is -3.37. The maximum atomic E-state index is 13.3. The van der Waals surface area contributed by atoms with Gasteiger partial charge in [0.2, 0.25) is 5.91 Å². The number of carbonyl (C=O) groups is 4. The second-order valence-electron chi connectivity index (χ2n) is 11.0. The fourth-order valence-corrected chi connectivity index (χ4v) is 4.74. The molecule has 37 heavy (non-hydrogen) atoms. The summed E-state index contributed by atoms with van der Waals surface area (Å²) in [6.07, 6.45) is 3.05. The van der Waals surface area contributed by atoms with Crippen molar-refractivity contribution in [1.82, 2.24) is 20.1 Å². The van der Waals surface area contributed by atoms with E-state index in [-0.39, 0.29) is 18.9 Å². The van der Waals surface area contributed by atoms with Gasteiger partial charge in [-0.15, -0.1) is 0 Å². The Morgan fingerprint density at radius 3 is 2.27 bits per heavy atom. The highest BCUT2D eigenvalue weighted by Gasteiger charge is 2.45. The van der Waals surface area contributed by atoms with Crippen molar-refractivity contribution in [1.29, 1.82) is 0 Å². The van der Waals surface area contributed by atoms with Crippen molar-refractivity contribution in [3.63, 3.8) is 0 Å². The molecule has 3 atom stereocenters. The Balaban J connectivity index is 1.60. The van der Waals surface area contributed by atoms with Crippen LogP contribution in [0.1, 0.15) is 65.4 Å². The predicted molar refractivity (Wildman–Crippen MR) is 134 cm³/mol. The van der Waals surface area contributed by atoms with Crippen LogP contribution in [-0.4, -0.2) is 87.4 Å². The van der Waals surface area contributed by atoms with Crippen molar-refractivity contribution < 1.29 is 33.8 Å². The van der Waals surface area contributed by atoms with E-state index in [1.54, 1.807) is 51.9 Å². The first-order valence-corrected chi connectivity index (χ1v) is 12.7. The molecule has 2 fully saturated rings. The smallest absolute Gasteiger partial charge is 0.410 e. The molecule has 11 nitrogen and oxygen atoms in total. The first kappa shape index (κ1) is 28.2. The maximum absolute atomic E-state index is 13.3. The zero-order valence-electron chi connectivity index (χ0n) is 22.2. The van der Waals surface area contributed by atoms with Crippen molar-refractivity contribution >= 4 is 24.1 Å². The first-order chi connectivity index (χ1) is 17.4. The molecule has 3 heterocycles. The number of aliphatic carboxylic acids is 1. The van der Waals surface area contributed by atoms with Gasteiger partial charge in [0.25, 0.3) is 0 Å². The maximum Gasteiger partial charge on any atom is 0.410 e. The topological polar surface area (TPSA) is 138 Å². The number of ether oxygens (including phenoxy) is 2. The summed E-state index contributed by atoms with van der Waals surface area (Å²) in [6.45, 7) is 9.62. The summed E-state index contributed by atoms with van der Waals surface area (Å²) >= 11 is 0. The number of carboxylic acids is 1. The Morgan fingerprint density at radius 2 is 1.73 bits per heavy atom. The van der Waals surface area contributed by atoms with Gasteiger partial charge >= 0.3 is 18.2 Å². The second-order valence-corrected chi connectivity index (χ2v) is 11.0. The van der Waals surface area contributed by atoms with Gasteiger partial charge in [-0.2, -0.15) is 0 Å². The number of amides is 3.